The molecule has 0 fully saturated rings. The Labute approximate surface area is 110 Å². The Balaban J connectivity index is 2.23. The maximum Gasteiger partial charge on any atom is 0.255 e. The largest absolute Gasteiger partial charge is 0.322 e. The van der Waals surface area contributed by atoms with Gasteiger partial charge in [0.15, 0.2) is 11.6 Å². The molecule has 0 atom stereocenters. The van der Waals surface area contributed by atoms with E-state index in [0.717, 1.165) is 24.1 Å². The van der Waals surface area contributed by atoms with Crippen LogP contribution in [-0.2, 0) is 6.42 Å². The molecule has 0 heterocycles. The Morgan fingerprint density at radius 3 is 2.53 bits per heavy atom. The van der Waals surface area contributed by atoms with Crippen LogP contribution in [0.5, 0.6) is 0 Å². The lowest BCUT2D eigenvalue weighted by Gasteiger charge is -2.09. The number of benzene rings is 2. The first-order valence-electron chi connectivity index (χ1n) is 5.96. The topological polar surface area (TPSA) is 29.1 Å². The van der Waals surface area contributed by atoms with Crippen molar-refractivity contribution in [2.75, 3.05) is 5.32 Å². The van der Waals surface area contributed by atoms with Crippen LogP contribution in [0.25, 0.3) is 0 Å². The normalized spacial score (nSPS) is 10.3. The van der Waals surface area contributed by atoms with Crippen molar-refractivity contribution in [1.82, 2.24) is 0 Å². The van der Waals surface area contributed by atoms with Crippen molar-refractivity contribution < 1.29 is 13.6 Å². The van der Waals surface area contributed by atoms with E-state index in [1.54, 1.807) is 12.1 Å². The van der Waals surface area contributed by atoms with Crippen LogP contribution in [0.4, 0.5) is 14.5 Å². The quantitative estimate of drug-likeness (QED) is 0.895. The molecule has 0 radical (unpaired) electrons. The van der Waals surface area contributed by atoms with Crippen LogP contribution in [0.15, 0.2) is 42.5 Å². The molecular formula is C15H13F2NO. The van der Waals surface area contributed by atoms with E-state index in [9.17, 15) is 13.6 Å². The van der Waals surface area contributed by atoms with Crippen LogP contribution in [0.1, 0.15) is 22.8 Å². The van der Waals surface area contributed by atoms with Crippen molar-refractivity contribution in [3.63, 3.8) is 0 Å². The molecule has 4 heteroatoms. The Morgan fingerprint density at radius 1 is 1.11 bits per heavy atom. The van der Waals surface area contributed by atoms with Gasteiger partial charge in [0.2, 0.25) is 0 Å². The van der Waals surface area contributed by atoms with Gasteiger partial charge >= 0.3 is 0 Å². The third kappa shape index (κ3) is 2.96. The maximum atomic E-state index is 13.1. The van der Waals surface area contributed by atoms with Gasteiger partial charge in [0.05, 0.1) is 0 Å². The molecule has 0 spiro atoms. The molecular weight excluding hydrogens is 248 g/mol. The summed E-state index contributed by atoms with van der Waals surface area (Å²) in [6.07, 6.45) is 0.772. The Bertz CT molecular complexity index is 611. The summed E-state index contributed by atoms with van der Waals surface area (Å²) < 4.78 is 25.9. The minimum absolute atomic E-state index is 0.0878. The molecule has 0 aliphatic heterocycles. The molecule has 0 saturated heterocycles. The van der Waals surface area contributed by atoms with E-state index in [1.165, 1.54) is 6.07 Å². The number of hydrogen-bond acceptors (Lipinski definition) is 1. The molecule has 2 nitrogen and oxygen atoms in total. The highest BCUT2D eigenvalue weighted by molar-refractivity contribution is 6.04. The molecule has 0 aliphatic rings. The van der Waals surface area contributed by atoms with Gasteiger partial charge < -0.3 is 5.32 Å². The number of amides is 1. The Hall–Kier alpha value is -2.23. The summed E-state index contributed by atoms with van der Waals surface area (Å²) in [5, 5.41) is 2.70. The fraction of sp³-hybridized carbons (Fsp3) is 0.133. The highest BCUT2D eigenvalue weighted by Gasteiger charge is 2.11. The molecule has 0 bridgehead atoms. The zero-order valence-corrected chi connectivity index (χ0v) is 10.4. The predicted octanol–water partition coefficient (Wildman–Crippen LogP) is 3.78. The van der Waals surface area contributed by atoms with E-state index in [2.05, 4.69) is 5.32 Å². The molecule has 19 heavy (non-hydrogen) atoms. The average molecular weight is 261 g/mol. The monoisotopic (exact) mass is 261 g/mol. The minimum atomic E-state index is -1.03. The highest BCUT2D eigenvalue weighted by atomic mass is 19.2. The number of carbonyl (C=O) groups is 1. The van der Waals surface area contributed by atoms with Crippen LogP contribution in [-0.4, -0.2) is 5.91 Å². The van der Waals surface area contributed by atoms with Crippen LogP contribution < -0.4 is 5.32 Å². The second kappa shape index (κ2) is 5.61. The lowest BCUT2D eigenvalue weighted by molar-refractivity contribution is 0.102. The van der Waals surface area contributed by atoms with E-state index < -0.39 is 17.5 Å². The number of nitrogens with one attached hydrogen (secondary N) is 1. The Morgan fingerprint density at radius 2 is 1.84 bits per heavy atom. The van der Waals surface area contributed by atoms with Gasteiger partial charge in [-0.3, -0.25) is 4.79 Å². The van der Waals surface area contributed by atoms with Gasteiger partial charge in [0.25, 0.3) is 5.91 Å². The summed E-state index contributed by atoms with van der Waals surface area (Å²) >= 11 is 0. The van der Waals surface area contributed by atoms with Crippen LogP contribution >= 0.6 is 0 Å². The number of rotatable bonds is 3. The molecule has 2 aromatic carbocycles. The van der Waals surface area contributed by atoms with Crippen molar-refractivity contribution in [3.05, 3.63) is 65.2 Å². The Kier molecular flexibility index (Phi) is 3.90. The van der Waals surface area contributed by atoms with Crippen molar-refractivity contribution in [3.8, 4) is 0 Å². The summed E-state index contributed by atoms with van der Waals surface area (Å²) in [5.74, 6) is -2.46. The smallest absolute Gasteiger partial charge is 0.255 e. The van der Waals surface area contributed by atoms with E-state index in [-0.39, 0.29) is 5.56 Å². The summed E-state index contributed by atoms with van der Waals surface area (Å²) in [6, 6.07) is 10.4. The third-order valence-electron chi connectivity index (χ3n) is 2.83. The van der Waals surface area contributed by atoms with Gasteiger partial charge in [-0.05, 0) is 36.2 Å². The summed E-state index contributed by atoms with van der Waals surface area (Å²) in [5.41, 5.74) is 1.75. The third-order valence-corrected chi connectivity index (χ3v) is 2.83. The zero-order valence-electron chi connectivity index (χ0n) is 10.4. The summed E-state index contributed by atoms with van der Waals surface area (Å²) in [6.45, 7) is 1.97. The van der Waals surface area contributed by atoms with E-state index in [0.29, 0.717) is 5.69 Å². The number of para-hydroxylation sites is 1. The van der Waals surface area contributed by atoms with Crippen LogP contribution in [0.2, 0.25) is 0 Å². The fourth-order valence-electron chi connectivity index (χ4n) is 1.78. The lowest BCUT2D eigenvalue weighted by Crippen LogP contribution is -2.13. The van der Waals surface area contributed by atoms with Gasteiger partial charge in [-0.1, -0.05) is 25.1 Å². The first kappa shape index (κ1) is 13.2. The molecule has 0 aliphatic carbocycles. The molecule has 0 aromatic heterocycles. The van der Waals surface area contributed by atoms with E-state index in [1.807, 2.05) is 19.1 Å². The van der Waals surface area contributed by atoms with Crippen LogP contribution in [0, 0.1) is 11.6 Å². The molecule has 1 N–H and O–H groups in total. The average Bonchev–Trinajstić information content (AvgIpc) is 2.42. The van der Waals surface area contributed by atoms with Crippen molar-refractivity contribution in [2.24, 2.45) is 0 Å². The fourth-order valence-corrected chi connectivity index (χ4v) is 1.78. The minimum Gasteiger partial charge on any atom is -0.322 e. The number of hydrogen-bond donors (Lipinski definition) is 1. The van der Waals surface area contributed by atoms with Crippen molar-refractivity contribution in [1.29, 1.82) is 0 Å². The molecule has 2 aromatic rings. The first-order chi connectivity index (χ1) is 9.11. The number of anilines is 1. The van der Waals surface area contributed by atoms with Gasteiger partial charge in [-0.25, -0.2) is 8.78 Å². The lowest BCUT2D eigenvalue weighted by atomic mass is 10.1. The molecule has 0 unspecified atom stereocenters. The molecule has 0 saturated carbocycles. The maximum absolute atomic E-state index is 13.1. The van der Waals surface area contributed by atoms with Gasteiger partial charge in [0.1, 0.15) is 0 Å². The summed E-state index contributed by atoms with van der Waals surface area (Å²) in [7, 11) is 0. The number of halogens is 2. The summed E-state index contributed by atoms with van der Waals surface area (Å²) in [4.78, 5) is 11.9. The zero-order chi connectivity index (χ0) is 13.8. The standard InChI is InChI=1S/C15H13F2NO/c1-2-10-5-3-4-6-14(10)18-15(19)11-7-8-12(16)13(17)9-11/h3-9H,2H2,1H3,(H,18,19). The van der Waals surface area contributed by atoms with E-state index in [4.69, 9.17) is 0 Å². The highest BCUT2D eigenvalue weighted by Crippen LogP contribution is 2.17. The van der Waals surface area contributed by atoms with Crippen molar-refractivity contribution >= 4 is 11.6 Å². The van der Waals surface area contributed by atoms with Gasteiger partial charge in [-0.2, -0.15) is 0 Å². The molecule has 2 rings (SSSR count). The SMILES string of the molecule is CCc1ccccc1NC(=O)c1ccc(F)c(F)c1. The molecule has 1 amide bonds. The molecule has 98 valence electrons. The van der Waals surface area contributed by atoms with Crippen LogP contribution in [0.3, 0.4) is 0 Å². The predicted molar refractivity (Wildman–Crippen MR) is 70.1 cm³/mol. The van der Waals surface area contributed by atoms with Gasteiger partial charge in [-0.15, -0.1) is 0 Å². The second-order valence-electron chi connectivity index (χ2n) is 4.09. The van der Waals surface area contributed by atoms with E-state index >= 15 is 0 Å². The number of aryl methyl sites for hydroxylation is 1. The first-order valence-corrected chi connectivity index (χ1v) is 5.96. The number of carbonyl (C=O) groups excluding carboxylic acids is 1. The second-order valence-corrected chi connectivity index (χ2v) is 4.09. The van der Waals surface area contributed by atoms with Gasteiger partial charge in [0, 0.05) is 11.3 Å². The van der Waals surface area contributed by atoms with Crippen molar-refractivity contribution in [2.45, 2.75) is 13.3 Å².